The van der Waals surface area contributed by atoms with E-state index in [0.717, 1.165) is 19.3 Å². The van der Waals surface area contributed by atoms with Crippen molar-refractivity contribution in [3.63, 3.8) is 0 Å². The van der Waals surface area contributed by atoms with Gasteiger partial charge in [-0.2, -0.15) is 0 Å². The zero-order valence-corrected chi connectivity index (χ0v) is 13.4. The van der Waals surface area contributed by atoms with E-state index in [-0.39, 0.29) is 24.6 Å². The van der Waals surface area contributed by atoms with Crippen LogP contribution >= 0.6 is 11.6 Å². The molecule has 22 heavy (non-hydrogen) atoms. The Hall–Kier alpha value is -1.42. The van der Waals surface area contributed by atoms with Crippen LogP contribution < -0.4 is 0 Å². The molecule has 0 radical (unpaired) electrons. The Labute approximate surface area is 134 Å². The number of halogens is 2. The van der Waals surface area contributed by atoms with E-state index in [2.05, 4.69) is 0 Å². The van der Waals surface area contributed by atoms with E-state index >= 15 is 0 Å². The van der Waals surface area contributed by atoms with Crippen molar-refractivity contribution in [2.24, 2.45) is 5.41 Å². The first kappa shape index (κ1) is 16.9. The number of carbonyl (C=O) groups is 2. The van der Waals surface area contributed by atoms with Gasteiger partial charge in [0.1, 0.15) is 11.6 Å². The minimum Gasteiger partial charge on any atom is -0.469 e. The summed E-state index contributed by atoms with van der Waals surface area (Å²) in [5, 5.41) is 0.298. The van der Waals surface area contributed by atoms with Gasteiger partial charge in [0.2, 0.25) is 0 Å². The zero-order chi connectivity index (χ0) is 16.2. The predicted molar refractivity (Wildman–Crippen MR) is 82.3 cm³/mol. The molecule has 3 nitrogen and oxygen atoms in total. The lowest BCUT2D eigenvalue weighted by Gasteiger charge is -2.33. The molecule has 1 saturated carbocycles. The van der Waals surface area contributed by atoms with Crippen LogP contribution in [0.25, 0.3) is 0 Å². The minimum atomic E-state index is -0.729. The van der Waals surface area contributed by atoms with Crippen LogP contribution in [0, 0.1) is 11.2 Å². The SMILES string of the molecule is COC(=O)C1(CC(=O)Cc2ccc(Cl)cc2F)CCCCC1. The molecule has 5 heteroatoms. The average Bonchev–Trinajstić information content (AvgIpc) is 2.50. The van der Waals surface area contributed by atoms with Gasteiger partial charge >= 0.3 is 5.97 Å². The van der Waals surface area contributed by atoms with Gasteiger partial charge in [0.05, 0.1) is 12.5 Å². The molecule has 0 aromatic heterocycles. The maximum Gasteiger partial charge on any atom is 0.312 e. The first-order chi connectivity index (χ1) is 10.5. The van der Waals surface area contributed by atoms with Gasteiger partial charge in [-0.15, -0.1) is 0 Å². The average molecular weight is 327 g/mol. The summed E-state index contributed by atoms with van der Waals surface area (Å²) >= 11 is 5.71. The van der Waals surface area contributed by atoms with Crippen LogP contribution in [0.5, 0.6) is 0 Å². The van der Waals surface area contributed by atoms with E-state index in [1.54, 1.807) is 6.07 Å². The van der Waals surface area contributed by atoms with E-state index in [9.17, 15) is 14.0 Å². The molecule has 1 fully saturated rings. The highest BCUT2D eigenvalue weighted by Gasteiger charge is 2.42. The maximum atomic E-state index is 13.8. The number of carbonyl (C=O) groups excluding carboxylic acids is 2. The summed E-state index contributed by atoms with van der Waals surface area (Å²) in [5.74, 6) is -0.956. The van der Waals surface area contributed by atoms with Crippen LogP contribution in [0.4, 0.5) is 4.39 Å². The van der Waals surface area contributed by atoms with Gasteiger partial charge < -0.3 is 4.74 Å². The first-order valence-corrected chi connectivity index (χ1v) is 7.89. The standard InChI is InChI=1S/C17H20ClFO3/c1-22-16(21)17(7-3-2-4-8-17)11-14(20)9-12-5-6-13(18)10-15(12)19/h5-6,10H,2-4,7-9,11H2,1H3. The van der Waals surface area contributed by atoms with Gasteiger partial charge in [-0.25, -0.2) is 4.39 Å². The van der Waals surface area contributed by atoms with E-state index < -0.39 is 11.2 Å². The highest BCUT2D eigenvalue weighted by Crippen LogP contribution is 2.40. The molecule has 1 aromatic rings. The molecule has 2 rings (SSSR count). The molecule has 0 bridgehead atoms. The van der Waals surface area contributed by atoms with Gasteiger partial charge in [0, 0.05) is 17.9 Å². The molecule has 0 heterocycles. The molecule has 0 unspecified atom stereocenters. The van der Waals surface area contributed by atoms with Gasteiger partial charge in [-0.05, 0) is 30.5 Å². The fourth-order valence-electron chi connectivity index (χ4n) is 3.22. The fourth-order valence-corrected chi connectivity index (χ4v) is 3.37. The lowest BCUT2D eigenvalue weighted by Crippen LogP contribution is -2.37. The summed E-state index contributed by atoms with van der Waals surface area (Å²) in [6.45, 7) is 0. The molecule has 0 aliphatic heterocycles. The second-order valence-electron chi connectivity index (χ2n) is 5.96. The van der Waals surface area contributed by atoms with Crippen molar-refractivity contribution in [3.05, 3.63) is 34.6 Å². The van der Waals surface area contributed by atoms with Crippen LogP contribution in [0.2, 0.25) is 5.02 Å². The van der Waals surface area contributed by atoms with Crippen LogP contribution in [0.1, 0.15) is 44.1 Å². The molecule has 0 amide bonds. The van der Waals surface area contributed by atoms with E-state index in [1.807, 2.05) is 0 Å². The monoisotopic (exact) mass is 326 g/mol. The Kier molecular flexibility index (Phi) is 5.57. The lowest BCUT2D eigenvalue weighted by atomic mass is 9.70. The number of methoxy groups -OCH3 is 1. The summed E-state index contributed by atoms with van der Waals surface area (Å²) in [5.41, 5.74) is -0.419. The third-order valence-electron chi connectivity index (χ3n) is 4.37. The quantitative estimate of drug-likeness (QED) is 0.765. The number of benzene rings is 1. The van der Waals surface area contributed by atoms with Crippen molar-refractivity contribution >= 4 is 23.4 Å². The van der Waals surface area contributed by atoms with Gasteiger partial charge in [0.15, 0.2) is 0 Å². The zero-order valence-electron chi connectivity index (χ0n) is 12.7. The molecule has 0 N–H and O–H groups in total. The summed E-state index contributed by atoms with van der Waals surface area (Å²) in [6.07, 6.45) is 4.31. The number of ether oxygens (including phenoxy) is 1. The number of hydrogen-bond donors (Lipinski definition) is 0. The smallest absolute Gasteiger partial charge is 0.312 e. The van der Waals surface area contributed by atoms with E-state index in [1.165, 1.54) is 19.2 Å². The number of Topliss-reactive ketones (excluding diaryl/α,β-unsaturated/α-hetero) is 1. The Morgan fingerprint density at radius 2 is 1.95 bits per heavy atom. The van der Waals surface area contributed by atoms with Crippen molar-refractivity contribution in [1.29, 1.82) is 0 Å². The minimum absolute atomic E-state index is 0.0260. The Morgan fingerprint density at radius 3 is 2.55 bits per heavy atom. The Bertz CT molecular complexity index is 565. The molecular formula is C17H20ClFO3. The predicted octanol–water partition coefficient (Wildman–Crippen LogP) is 4.10. The topological polar surface area (TPSA) is 43.4 Å². The Morgan fingerprint density at radius 1 is 1.27 bits per heavy atom. The summed E-state index contributed by atoms with van der Waals surface area (Å²) in [6, 6.07) is 4.27. The first-order valence-electron chi connectivity index (χ1n) is 7.51. The second kappa shape index (κ2) is 7.23. The van der Waals surface area contributed by atoms with Crippen LogP contribution in [0.3, 0.4) is 0 Å². The summed E-state index contributed by atoms with van der Waals surface area (Å²) in [4.78, 5) is 24.5. The van der Waals surface area contributed by atoms with Crippen molar-refractivity contribution in [3.8, 4) is 0 Å². The van der Waals surface area contributed by atoms with Crippen molar-refractivity contribution in [2.45, 2.75) is 44.9 Å². The maximum absolute atomic E-state index is 13.8. The van der Waals surface area contributed by atoms with E-state index in [4.69, 9.17) is 16.3 Å². The van der Waals surface area contributed by atoms with Crippen molar-refractivity contribution in [2.75, 3.05) is 7.11 Å². The molecule has 120 valence electrons. The summed E-state index contributed by atoms with van der Waals surface area (Å²) < 4.78 is 18.7. The highest BCUT2D eigenvalue weighted by atomic mass is 35.5. The van der Waals surface area contributed by atoms with Gasteiger partial charge in [-0.1, -0.05) is 36.9 Å². The van der Waals surface area contributed by atoms with Crippen LogP contribution in [0.15, 0.2) is 18.2 Å². The van der Waals surface area contributed by atoms with Crippen molar-refractivity contribution in [1.82, 2.24) is 0 Å². The number of rotatable bonds is 5. The molecule has 0 spiro atoms. The summed E-state index contributed by atoms with van der Waals surface area (Å²) in [7, 11) is 1.35. The molecular weight excluding hydrogens is 307 g/mol. The highest BCUT2D eigenvalue weighted by molar-refractivity contribution is 6.30. The molecule has 1 aromatic carbocycles. The third-order valence-corrected chi connectivity index (χ3v) is 4.60. The van der Waals surface area contributed by atoms with E-state index in [0.29, 0.717) is 23.4 Å². The molecule has 0 atom stereocenters. The Balaban J connectivity index is 2.09. The second-order valence-corrected chi connectivity index (χ2v) is 6.40. The third kappa shape index (κ3) is 3.86. The number of esters is 1. The van der Waals surface area contributed by atoms with Crippen LogP contribution in [-0.4, -0.2) is 18.9 Å². The molecule has 1 aliphatic rings. The normalized spacial score (nSPS) is 17.0. The van der Waals surface area contributed by atoms with Crippen molar-refractivity contribution < 1.29 is 18.7 Å². The lowest BCUT2D eigenvalue weighted by molar-refractivity contribution is -0.157. The van der Waals surface area contributed by atoms with Crippen LogP contribution in [-0.2, 0) is 20.7 Å². The number of ketones is 1. The van der Waals surface area contributed by atoms with Gasteiger partial charge in [0.25, 0.3) is 0 Å². The number of hydrogen-bond acceptors (Lipinski definition) is 3. The van der Waals surface area contributed by atoms with Gasteiger partial charge in [-0.3, -0.25) is 9.59 Å². The molecule has 1 aliphatic carbocycles. The molecule has 0 saturated heterocycles. The largest absolute Gasteiger partial charge is 0.469 e. The fraction of sp³-hybridized carbons (Fsp3) is 0.529.